The third-order valence-electron chi connectivity index (χ3n) is 3.59. The highest BCUT2D eigenvalue weighted by molar-refractivity contribution is 5.72. The molecule has 92 valence electrons. The molecule has 0 amide bonds. The minimum atomic E-state index is 0.0670. The number of rotatable bonds is 1. The van der Waals surface area contributed by atoms with Gasteiger partial charge in [0.1, 0.15) is 5.75 Å². The van der Waals surface area contributed by atoms with Gasteiger partial charge in [-0.25, -0.2) is 0 Å². The zero-order valence-corrected chi connectivity index (χ0v) is 10.5. The first-order valence-electron chi connectivity index (χ1n) is 6.34. The van der Waals surface area contributed by atoms with Crippen LogP contribution in [-0.2, 0) is 0 Å². The van der Waals surface area contributed by atoms with Gasteiger partial charge in [-0.15, -0.1) is 0 Å². The molecule has 0 radical (unpaired) electrons. The van der Waals surface area contributed by atoms with E-state index in [1.807, 2.05) is 18.2 Å². The number of nitrogens with two attached hydrogens (primary N) is 1. The summed E-state index contributed by atoms with van der Waals surface area (Å²) in [5, 5.41) is 0. The second kappa shape index (κ2) is 4.46. The average molecular weight is 239 g/mol. The van der Waals surface area contributed by atoms with Crippen LogP contribution < -0.4 is 10.5 Å². The lowest BCUT2D eigenvalue weighted by Crippen LogP contribution is -2.29. The van der Waals surface area contributed by atoms with Gasteiger partial charge in [0.15, 0.2) is 0 Å². The molecule has 18 heavy (non-hydrogen) atoms. The summed E-state index contributed by atoms with van der Waals surface area (Å²) in [6.45, 7) is 2.82. The summed E-state index contributed by atoms with van der Waals surface area (Å²) >= 11 is 0. The Bertz CT molecular complexity index is 550. The SMILES string of the molecule is CC1COc2c(-c3ccccc3)cccc2C1N. The summed E-state index contributed by atoms with van der Waals surface area (Å²) in [6, 6.07) is 16.6. The van der Waals surface area contributed by atoms with Crippen LogP contribution in [0.25, 0.3) is 11.1 Å². The predicted molar refractivity (Wildman–Crippen MR) is 73.5 cm³/mol. The molecule has 2 N–H and O–H groups in total. The molecule has 0 bridgehead atoms. The van der Waals surface area contributed by atoms with Gasteiger partial charge < -0.3 is 10.5 Å². The van der Waals surface area contributed by atoms with Crippen LogP contribution in [0.15, 0.2) is 48.5 Å². The summed E-state index contributed by atoms with van der Waals surface area (Å²) in [5.74, 6) is 1.32. The summed E-state index contributed by atoms with van der Waals surface area (Å²) in [6.07, 6.45) is 0. The fourth-order valence-electron chi connectivity index (χ4n) is 2.45. The van der Waals surface area contributed by atoms with Gasteiger partial charge in [-0.1, -0.05) is 55.5 Å². The molecule has 0 fully saturated rings. The summed E-state index contributed by atoms with van der Waals surface area (Å²) in [7, 11) is 0. The molecule has 2 aromatic carbocycles. The van der Waals surface area contributed by atoms with Crippen molar-refractivity contribution >= 4 is 0 Å². The van der Waals surface area contributed by atoms with Crippen LogP contribution in [0.5, 0.6) is 5.75 Å². The highest BCUT2D eigenvalue weighted by Crippen LogP contribution is 2.40. The summed E-state index contributed by atoms with van der Waals surface area (Å²) < 4.78 is 5.91. The maximum absolute atomic E-state index is 6.26. The molecule has 2 heteroatoms. The third kappa shape index (κ3) is 1.79. The topological polar surface area (TPSA) is 35.2 Å². The normalized spacial score (nSPS) is 22.1. The maximum atomic E-state index is 6.26. The first kappa shape index (κ1) is 11.3. The quantitative estimate of drug-likeness (QED) is 0.828. The van der Waals surface area contributed by atoms with E-state index < -0.39 is 0 Å². The molecule has 2 unspecified atom stereocenters. The lowest BCUT2D eigenvalue weighted by molar-refractivity contribution is 0.208. The van der Waals surface area contributed by atoms with Crippen molar-refractivity contribution in [3.05, 3.63) is 54.1 Å². The van der Waals surface area contributed by atoms with Crippen molar-refractivity contribution in [2.24, 2.45) is 11.7 Å². The highest BCUT2D eigenvalue weighted by atomic mass is 16.5. The number of ether oxygens (including phenoxy) is 1. The van der Waals surface area contributed by atoms with E-state index >= 15 is 0 Å². The number of para-hydroxylation sites is 1. The highest BCUT2D eigenvalue weighted by Gasteiger charge is 2.26. The molecule has 0 aromatic heterocycles. The van der Waals surface area contributed by atoms with Gasteiger partial charge in [-0.05, 0) is 5.56 Å². The van der Waals surface area contributed by atoms with E-state index in [1.54, 1.807) is 0 Å². The minimum Gasteiger partial charge on any atom is -0.492 e. The van der Waals surface area contributed by atoms with Crippen LogP contribution in [0, 0.1) is 5.92 Å². The Kier molecular flexibility index (Phi) is 2.80. The monoisotopic (exact) mass is 239 g/mol. The Balaban J connectivity index is 2.14. The number of hydrogen-bond donors (Lipinski definition) is 1. The second-order valence-electron chi connectivity index (χ2n) is 4.90. The molecule has 0 spiro atoms. The van der Waals surface area contributed by atoms with Gasteiger partial charge in [0.2, 0.25) is 0 Å². The average Bonchev–Trinajstić information content (AvgIpc) is 2.43. The Morgan fingerprint density at radius 3 is 2.61 bits per heavy atom. The van der Waals surface area contributed by atoms with Crippen LogP contribution in [0.2, 0.25) is 0 Å². The molecule has 0 saturated carbocycles. The van der Waals surface area contributed by atoms with E-state index in [2.05, 4.69) is 37.3 Å². The smallest absolute Gasteiger partial charge is 0.131 e. The fraction of sp³-hybridized carbons (Fsp3) is 0.250. The zero-order valence-electron chi connectivity index (χ0n) is 10.5. The molecule has 1 heterocycles. The largest absolute Gasteiger partial charge is 0.492 e. The molecule has 2 nitrogen and oxygen atoms in total. The molecular weight excluding hydrogens is 222 g/mol. The van der Waals surface area contributed by atoms with Crippen molar-refractivity contribution in [1.82, 2.24) is 0 Å². The van der Waals surface area contributed by atoms with Crippen molar-refractivity contribution in [1.29, 1.82) is 0 Å². The first-order valence-corrected chi connectivity index (χ1v) is 6.34. The lowest BCUT2D eigenvalue weighted by Gasteiger charge is -2.30. The van der Waals surface area contributed by atoms with Crippen molar-refractivity contribution < 1.29 is 4.74 Å². The lowest BCUT2D eigenvalue weighted by atomic mass is 9.90. The van der Waals surface area contributed by atoms with Crippen LogP contribution in [0.1, 0.15) is 18.5 Å². The summed E-state index contributed by atoms with van der Waals surface area (Å²) in [4.78, 5) is 0. The van der Waals surface area contributed by atoms with Crippen molar-refractivity contribution in [2.45, 2.75) is 13.0 Å². The Labute approximate surface area is 107 Å². The van der Waals surface area contributed by atoms with Gasteiger partial charge in [-0.3, -0.25) is 0 Å². The van der Waals surface area contributed by atoms with Gasteiger partial charge >= 0.3 is 0 Å². The molecule has 1 aliphatic heterocycles. The number of fused-ring (bicyclic) bond motifs is 1. The predicted octanol–water partition coefficient (Wildman–Crippen LogP) is 3.38. The van der Waals surface area contributed by atoms with Crippen molar-refractivity contribution in [3.8, 4) is 16.9 Å². The molecule has 1 aliphatic rings. The first-order chi connectivity index (χ1) is 8.77. The van der Waals surface area contributed by atoms with Crippen LogP contribution in [0.4, 0.5) is 0 Å². The molecule has 3 rings (SSSR count). The molecule has 2 atom stereocenters. The fourth-order valence-corrected chi connectivity index (χ4v) is 2.45. The van der Waals surface area contributed by atoms with Crippen LogP contribution in [0.3, 0.4) is 0 Å². The van der Waals surface area contributed by atoms with Crippen molar-refractivity contribution in [3.63, 3.8) is 0 Å². The Hall–Kier alpha value is -1.80. The maximum Gasteiger partial charge on any atom is 0.131 e. The Morgan fingerprint density at radius 1 is 1.06 bits per heavy atom. The van der Waals surface area contributed by atoms with Gasteiger partial charge in [0.05, 0.1) is 6.61 Å². The molecular formula is C16H17NO. The van der Waals surface area contributed by atoms with E-state index in [0.29, 0.717) is 12.5 Å². The summed E-state index contributed by atoms with van der Waals surface area (Å²) in [5.41, 5.74) is 9.69. The van der Waals surface area contributed by atoms with Gasteiger partial charge in [0, 0.05) is 23.1 Å². The number of hydrogen-bond acceptors (Lipinski definition) is 2. The number of benzene rings is 2. The van der Waals surface area contributed by atoms with E-state index in [-0.39, 0.29) is 6.04 Å². The van der Waals surface area contributed by atoms with E-state index in [1.165, 1.54) is 5.56 Å². The Morgan fingerprint density at radius 2 is 1.83 bits per heavy atom. The van der Waals surface area contributed by atoms with E-state index in [0.717, 1.165) is 16.9 Å². The van der Waals surface area contributed by atoms with E-state index in [9.17, 15) is 0 Å². The van der Waals surface area contributed by atoms with Crippen LogP contribution >= 0.6 is 0 Å². The third-order valence-corrected chi connectivity index (χ3v) is 3.59. The zero-order chi connectivity index (χ0) is 12.5. The second-order valence-corrected chi connectivity index (χ2v) is 4.90. The molecule has 2 aromatic rings. The standard InChI is InChI=1S/C16H17NO/c1-11-10-18-16-13(12-6-3-2-4-7-12)8-5-9-14(16)15(11)17/h2-9,11,15H,10,17H2,1H3. The van der Waals surface area contributed by atoms with Crippen molar-refractivity contribution in [2.75, 3.05) is 6.61 Å². The van der Waals surface area contributed by atoms with Gasteiger partial charge in [-0.2, -0.15) is 0 Å². The van der Waals surface area contributed by atoms with Crippen LogP contribution in [-0.4, -0.2) is 6.61 Å². The molecule has 0 aliphatic carbocycles. The minimum absolute atomic E-state index is 0.0670. The van der Waals surface area contributed by atoms with Gasteiger partial charge in [0.25, 0.3) is 0 Å². The molecule has 0 saturated heterocycles. The van der Waals surface area contributed by atoms with E-state index in [4.69, 9.17) is 10.5 Å².